The molecule has 0 radical (unpaired) electrons. The fraction of sp³-hybridized carbons (Fsp3) is 0.455. The molecule has 0 bridgehead atoms. The molecule has 0 aliphatic carbocycles. The number of nitrogens with zero attached hydrogens (tertiary/aromatic N) is 1. The van der Waals surface area contributed by atoms with Gasteiger partial charge in [-0.1, -0.05) is 38.1 Å². The van der Waals surface area contributed by atoms with Gasteiger partial charge in [-0.2, -0.15) is 0 Å². The highest BCUT2D eigenvalue weighted by Crippen LogP contribution is 2.26. The summed E-state index contributed by atoms with van der Waals surface area (Å²) in [7, 11) is 0. The topological polar surface area (TPSA) is 50.9 Å². The number of amides is 1. The van der Waals surface area contributed by atoms with Crippen LogP contribution in [0.4, 0.5) is 11.5 Å². The van der Waals surface area contributed by atoms with Gasteiger partial charge >= 0.3 is 0 Å². The molecule has 3 rings (SSSR count). The zero-order chi connectivity index (χ0) is 19.2. The van der Waals surface area contributed by atoms with Crippen LogP contribution in [0.1, 0.15) is 38.7 Å². The SMILES string of the molecule is CC[C@@H](C)c1ccccc1NC(=O)[C@H](C)[NH+]1CCN(c2cccc[nH+]2)CC1. The molecule has 3 N–H and O–H groups in total. The van der Waals surface area contributed by atoms with Gasteiger partial charge < -0.3 is 10.2 Å². The Balaban J connectivity index is 1.59. The molecule has 0 unspecified atom stereocenters. The van der Waals surface area contributed by atoms with Gasteiger partial charge in [0.1, 0.15) is 26.2 Å². The predicted octanol–water partition coefficient (Wildman–Crippen LogP) is 1.75. The molecule has 1 amide bonds. The molecule has 0 spiro atoms. The first-order chi connectivity index (χ1) is 13.1. The lowest BCUT2D eigenvalue weighted by Gasteiger charge is -2.31. The number of piperazine rings is 1. The number of para-hydroxylation sites is 1. The van der Waals surface area contributed by atoms with E-state index < -0.39 is 0 Å². The van der Waals surface area contributed by atoms with Crippen molar-refractivity contribution in [3.8, 4) is 0 Å². The number of nitrogens with one attached hydrogen (secondary N) is 3. The number of carbonyl (C=O) groups excluding carboxylic acids is 1. The van der Waals surface area contributed by atoms with Crippen LogP contribution in [0.3, 0.4) is 0 Å². The zero-order valence-corrected chi connectivity index (χ0v) is 16.7. The molecule has 1 aromatic carbocycles. The Morgan fingerprint density at radius 3 is 2.52 bits per heavy atom. The van der Waals surface area contributed by atoms with Crippen molar-refractivity contribution < 1.29 is 14.7 Å². The number of rotatable bonds is 6. The number of H-pyrrole nitrogens is 1. The minimum Gasteiger partial charge on any atom is -0.321 e. The molecule has 1 saturated heterocycles. The second-order valence-electron chi connectivity index (χ2n) is 7.50. The molecule has 1 aliphatic heterocycles. The van der Waals surface area contributed by atoms with E-state index in [2.05, 4.69) is 47.2 Å². The second-order valence-corrected chi connectivity index (χ2v) is 7.50. The lowest BCUT2D eigenvalue weighted by atomic mass is 9.97. The Morgan fingerprint density at radius 2 is 1.85 bits per heavy atom. The molecule has 27 heavy (non-hydrogen) atoms. The third-order valence-corrected chi connectivity index (χ3v) is 5.81. The van der Waals surface area contributed by atoms with Gasteiger partial charge in [-0.25, -0.2) is 4.98 Å². The fourth-order valence-electron chi connectivity index (χ4n) is 3.74. The number of carbonyl (C=O) groups is 1. The third-order valence-electron chi connectivity index (χ3n) is 5.81. The summed E-state index contributed by atoms with van der Waals surface area (Å²) in [6.45, 7) is 10.3. The van der Waals surface area contributed by atoms with E-state index in [0.717, 1.165) is 44.1 Å². The maximum atomic E-state index is 12.9. The van der Waals surface area contributed by atoms with Crippen LogP contribution in [0.5, 0.6) is 0 Å². The molecule has 5 heteroatoms. The van der Waals surface area contributed by atoms with Gasteiger partial charge in [0.25, 0.3) is 11.7 Å². The van der Waals surface area contributed by atoms with E-state index in [1.807, 2.05) is 37.4 Å². The van der Waals surface area contributed by atoms with Crippen molar-refractivity contribution in [2.24, 2.45) is 0 Å². The summed E-state index contributed by atoms with van der Waals surface area (Å²) in [5, 5.41) is 3.19. The minimum atomic E-state index is -0.0584. The molecule has 1 fully saturated rings. The van der Waals surface area contributed by atoms with Gasteiger partial charge in [0.2, 0.25) is 0 Å². The van der Waals surface area contributed by atoms with Gasteiger partial charge in [-0.3, -0.25) is 9.69 Å². The largest absolute Gasteiger partial charge is 0.321 e. The number of aromatic nitrogens is 1. The van der Waals surface area contributed by atoms with Crippen molar-refractivity contribution in [2.45, 2.75) is 39.2 Å². The maximum Gasteiger partial charge on any atom is 0.282 e. The molecule has 0 saturated carbocycles. The molecule has 5 nitrogen and oxygen atoms in total. The van der Waals surface area contributed by atoms with E-state index in [4.69, 9.17) is 0 Å². The van der Waals surface area contributed by atoms with Crippen LogP contribution in [0, 0.1) is 0 Å². The molecular formula is C22H32N4O+2. The average Bonchev–Trinajstić information content (AvgIpc) is 2.73. The van der Waals surface area contributed by atoms with Crippen LogP contribution in [0.15, 0.2) is 48.7 Å². The van der Waals surface area contributed by atoms with E-state index >= 15 is 0 Å². The van der Waals surface area contributed by atoms with Crippen molar-refractivity contribution in [3.05, 3.63) is 54.2 Å². The number of hydrogen-bond acceptors (Lipinski definition) is 2. The number of aromatic amines is 1. The van der Waals surface area contributed by atoms with Gasteiger partial charge in [0.05, 0.1) is 6.20 Å². The summed E-state index contributed by atoms with van der Waals surface area (Å²) in [6.07, 6.45) is 3.02. The van der Waals surface area contributed by atoms with Crippen molar-refractivity contribution >= 4 is 17.4 Å². The molecule has 2 atom stereocenters. The monoisotopic (exact) mass is 368 g/mol. The Kier molecular flexibility index (Phi) is 6.45. The van der Waals surface area contributed by atoms with E-state index in [1.165, 1.54) is 10.5 Å². The predicted molar refractivity (Wildman–Crippen MR) is 109 cm³/mol. The highest BCUT2D eigenvalue weighted by molar-refractivity contribution is 5.94. The number of anilines is 2. The first-order valence-electron chi connectivity index (χ1n) is 10.1. The van der Waals surface area contributed by atoms with Crippen molar-refractivity contribution in [2.75, 3.05) is 36.4 Å². The molecular weight excluding hydrogens is 336 g/mol. The molecule has 1 aromatic heterocycles. The second kappa shape index (κ2) is 9.00. The average molecular weight is 369 g/mol. The van der Waals surface area contributed by atoms with Crippen molar-refractivity contribution in [1.82, 2.24) is 0 Å². The normalized spacial score (nSPS) is 17.4. The van der Waals surface area contributed by atoms with Crippen molar-refractivity contribution in [1.29, 1.82) is 0 Å². The fourth-order valence-corrected chi connectivity index (χ4v) is 3.74. The van der Waals surface area contributed by atoms with Gasteiger partial charge in [-0.15, -0.1) is 0 Å². The Bertz CT molecular complexity index is 741. The summed E-state index contributed by atoms with van der Waals surface area (Å²) in [5.41, 5.74) is 2.18. The first kappa shape index (κ1) is 19.4. The van der Waals surface area contributed by atoms with E-state index in [-0.39, 0.29) is 11.9 Å². The van der Waals surface area contributed by atoms with E-state index in [9.17, 15) is 4.79 Å². The highest BCUT2D eigenvalue weighted by Gasteiger charge is 2.32. The van der Waals surface area contributed by atoms with E-state index in [1.54, 1.807) is 0 Å². The maximum absolute atomic E-state index is 12.9. The first-order valence-corrected chi connectivity index (χ1v) is 10.1. The van der Waals surface area contributed by atoms with Gasteiger partial charge in [0.15, 0.2) is 6.04 Å². The van der Waals surface area contributed by atoms with Crippen LogP contribution in [0.2, 0.25) is 0 Å². The summed E-state index contributed by atoms with van der Waals surface area (Å²) in [5.74, 6) is 1.70. The molecule has 1 aliphatic rings. The zero-order valence-electron chi connectivity index (χ0n) is 16.7. The quantitative estimate of drug-likeness (QED) is 0.816. The Labute approximate surface area is 162 Å². The van der Waals surface area contributed by atoms with Crippen LogP contribution in [-0.2, 0) is 4.79 Å². The summed E-state index contributed by atoms with van der Waals surface area (Å²) in [6, 6.07) is 14.3. The summed E-state index contributed by atoms with van der Waals surface area (Å²) < 4.78 is 0. The lowest BCUT2D eigenvalue weighted by molar-refractivity contribution is -0.914. The van der Waals surface area contributed by atoms with E-state index in [0.29, 0.717) is 5.92 Å². The summed E-state index contributed by atoms with van der Waals surface area (Å²) in [4.78, 5) is 19.9. The molecule has 2 aromatic rings. The minimum absolute atomic E-state index is 0.0584. The highest BCUT2D eigenvalue weighted by atomic mass is 16.2. The number of hydrogen-bond donors (Lipinski definition) is 2. The number of benzene rings is 1. The van der Waals surface area contributed by atoms with Crippen LogP contribution in [0.25, 0.3) is 0 Å². The van der Waals surface area contributed by atoms with Crippen molar-refractivity contribution in [3.63, 3.8) is 0 Å². The standard InChI is InChI=1S/C22H30N4O/c1-4-17(2)19-9-5-6-10-20(19)24-22(27)18(3)25-13-15-26(16-14-25)21-11-7-8-12-23-21/h5-12,17-18H,4,13-16H2,1-3H3,(H,24,27)/p+2/t17-,18+/m1/s1. The Morgan fingerprint density at radius 1 is 1.15 bits per heavy atom. The third kappa shape index (κ3) is 4.66. The van der Waals surface area contributed by atoms with Crippen LogP contribution < -0.4 is 20.1 Å². The Hall–Kier alpha value is -2.40. The van der Waals surface area contributed by atoms with Gasteiger partial charge in [0, 0.05) is 11.8 Å². The summed E-state index contributed by atoms with van der Waals surface area (Å²) >= 11 is 0. The van der Waals surface area contributed by atoms with Crippen LogP contribution >= 0.6 is 0 Å². The molecule has 144 valence electrons. The van der Waals surface area contributed by atoms with Crippen LogP contribution in [-0.4, -0.2) is 38.1 Å². The van der Waals surface area contributed by atoms with Gasteiger partial charge in [-0.05, 0) is 37.0 Å². The smallest absolute Gasteiger partial charge is 0.282 e. The number of pyridine rings is 1. The molecule has 2 heterocycles. The lowest BCUT2D eigenvalue weighted by Crippen LogP contribution is -3.19. The number of quaternary nitrogens is 1.